The van der Waals surface area contributed by atoms with E-state index in [1.54, 1.807) is 0 Å². The summed E-state index contributed by atoms with van der Waals surface area (Å²) < 4.78 is 12.5. The van der Waals surface area contributed by atoms with Gasteiger partial charge in [0.2, 0.25) is 0 Å². The lowest BCUT2D eigenvalue weighted by atomic mass is 10.0. The molecule has 2 heterocycles. The topological polar surface area (TPSA) is 29.5 Å². The van der Waals surface area contributed by atoms with Crippen molar-refractivity contribution < 1.29 is 8.83 Å². The predicted octanol–water partition coefficient (Wildman–Crippen LogP) is 10.1. The number of furan rings is 2. The Morgan fingerprint density at radius 2 is 1.05 bits per heavy atom. The predicted molar refractivity (Wildman–Crippen MR) is 153 cm³/mol. The maximum Gasteiger partial charge on any atom is 0.137 e. The molecule has 0 spiro atoms. The molecule has 0 saturated heterocycles. The summed E-state index contributed by atoms with van der Waals surface area (Å²) in [6, 6.07) is 44.2. The van der Waals surface area contributed by atoms with Crippen molar-refractivity contribution in [3.63, 3.8) is 0 Å². The standard InChI is InChI=1S/C34H21NO2/c1-2-11-23(12-3-1)35(29-16-9-19-32-34(29)25-14-5-7-18-31(25)36-32)28-15-8-10-22-20-27-24-13-4-6-17-30(24)37-33(27)21-26(22)28/h1-21H. The number of hydrogen-bond acceptors (Lipinski definition) is 3. The van der Waals surface area contributed by atoms with Crippen molar-refractivity contribution >= 4 is 71.7 Å². The van der Waals surface area contributed by atoms with Crippen molar-refractivity contribution in [2.75, 3.05) is 4.90 Å². The van der Waals surface area contributed by atoms with Crippen molar-refractivity contribution in [1.82, 2.24) is 0 Å². The number of anilines is 3. The summed E-state index contributed by atoms with van der Waals surface area (Å²) in [5.41, 5.74) is 6.80. The molecule has 0 aliphatic carbocycles. The number of fused-ring (bicyclic) bond motifs is 7. The molecular weight excluding hydrogens is 454 g/mol. The SMILES string of the molecule is c1ccc(N(c2cccc3cc4c(cc23)oc2ccccc24)c2cccc3oc4ccccc4c23)cc1. The van der Waals surface area contributed by atoms with E-state index in [0.29, 0.717) is 0 Å². The van der Waals surface area contributed by atoms with Crippen LogP contribution >= 0.6 is 0 Å². The monoisotopic (exact) mass is 475 g/mol. The normalized spacial score (nSPS) is 11.8. The molecule has 0 fully saturated rings. The van der Waals surface area contributed by atoms with E-state index in [-0.39, 0.29) is 0 Å². The van der Waals surface area contributed by atoms with Crippen LogP contribution in [0.2, 0.25) is 0 Å². The highest BCUT2D eigenvalue weighted by atomic mass is 16.3. The lowest BCUT2D eigenvalue weighted by Crippen LogP contribution is -2.10. The summed E-state index contributed by atoms with van der Waals surface area (Å²) >= 11 is 0. The molecule has 37 heavy (non-hydrogen) atoms. The molecule has 0 amide bonds. The smallest absolute Gasteiger partial charge is 0.137 e. The third-order valence-corrected chi connectivity index (χ3v) is 7.23. The van der Waals surface area contributed by atoms with Gasteiger partial charge in [0.1, 0.15) is 22.3 Å². The van der Waals surface area contributed by atoms with Gasteiger partial charge in [-0.1, -0.05) is 72.8 Å². The Balaban J connectivity index is 1.47. The van der Waals surface area contributed by atoms with Crippen LogP contribution in [0, 0.1) is 0 Å². The van der Waals surface area contributed by atoms with Gasteiger partial charge in [-0.05, 0) is 60.0 Å². The van der Waals surface area contributed by atoms with Crippen LogP contribution in [-0.2, 0) is 0 Å². The largest absolute Gasteiger partial charge is 0.456 e. The fourth-order valence-electron chi connectivity index (χ4n) is 5.60. The average molecular weight is 476 g/mol. The molecule has 0 radical (unpaired) electrons. The lowest BCUT2D eigenvalue weighted by molar-refractivity contribution is 0.668. The zero-order valence-electron chi connectivity index (χ0n) is 19.9. The van der Waals surface area contributed by atoms with Crippen LogP contribution in [0.4, 0.5) is 17.1 Å². The molecule has 6 aromatic carbocycles. The Labute approximate surface area is 212 Å². The Morgan fingerprint density at radius 3 is 1.92 bits per heavy atom. The number of para-hydroxylation sites is 3. The van der Waals surface area contributed by atoms with E-state index in [0.717, 1.165) is 66.3 Å². The van der Waals surface area contributed by atoms with Crippen LogP contribution in [0.3, 0.4) is 0 Å². The summed E-state index contributed by atoms with van der Waals surface area (Å²) in [6.07, 6.45) is 0. The van der Waals surface area contributed by atoms with Gasteiger partial charge in [-0.25, -0.2) is 0 Å². The van der Waals surface area contributed by atoms with Gasteiger partial charge in [0.05, 0.1) is 16.8 Å². The molecule has 0 unspecified atom stereocenters. The van der Waals surface area contributed by atoms with E-state index in [2.05, 4.69) is 102 Å². The zero-order valence-corrected chi connectivity index (χ0v) is 19.9. The maximum atomic E-state index is 6.29. The van der Waals surface area contributed by atoms with Crippen LogP contribution in [-0.4, -0.2) is 0 Å². The highest BCUT2D eigenvalue weighted by molar-refractivity contribution is 6.16. The first kappa shape index (κ1) is 20.2. The lowest BCUT2D eigenvalue weighted by Gasteiger charge is -2.27. The number of benzene rings is 6. The molecular formula is C34H21NO2. The average Bonchev–Trinajstić information content (AvgIpc) is 3.51. The molecule has 3 heteroatoms. The van der Waals surface area contributed by atoms with Crippen LogP contribution in [0.25, 0.3) is 54.6 Å². The zero-order chi connectivity index (χ0) is 24.3. The van der Waals surface area contributed by atoms with Crippen molar-refractivity contribution in [3.8, 4) is 0 Å². The van der Waals surface area contributed by atoms with Crippen molar-refractivity contribution in [3.05, 3.63) is 127 Å². The number of hydrogen-bond donors (Lipinski definition) is 0. The summed E-state index contributed by atoms with van der Waals surface area (Å²) in [5.74, 6) is 0. The molecule has 0 atom stereocenters. The summed E-state index contributed by atoms with van der Waals surface area (Å²) in [4.78, 5) is 2.33. The van der Waals surface area contributed by atoms with E-state index in [1.165, 1.54) is 5.39 Å². The van der Waals surface area contributed by atoms with Gasteiger partial charge < -0.3 is 13.7 Å². The van der Waals surface area contributed by atoms with Gasteiger partial charge in [-0.3, -0.25) is 0 Å². The van der Waals surface area contributed by atoms with Gasteiger partial charge in [-0.15, -0.1) is 0 Å². The van der Waals surface area contributed by atoms with Gasteiger partial charge in [0, 0.05) is 27.2 Å². The minimum atomic E-state index is 0.875. The van der Waals surface area contributed by atoms with E-state index in [4.69, 9.17) is 8.83 Å². The van der Waals surface area contributed by atoms with Gasteiger partial charge >= 0.3 is 0 Å². The van der Waals surface area contributed by atoms with Gasteiger partial charge in [-0.2, -0.15) is 0 Å². The summed E-state index contributed by atoms with van der Waals surface area (Å²) in [7, 11) is 0. The van der Waals surface area contributed by atoms with Crippen molar-refractivity contribution in [1.29, 1.82) is 0 Å². The minimum Gasteiger partial charge on any atom is -0.456 e. The Morgan fingerprint density at radius 1 is 0.405 bits per heavy atom. The Hall–Kier alpha value is -5.02. The second-order valence-electron chi connectivity index (χ2n) is 9.36. The fourth-order valence-corrected chi connectivity index (χ4v) is 5.60. The van der Waals surface area contributed by atoms with Crippen molar-refractivity contribution in [2.24, 2.45) is 0 Å². The van der Waals surface area contributed by atoms with Crippen LogP contribution < -0.4 is 4.90 Å². The second kappa shape index (κ2) is 7.74. The second-order valence-corrected chi connectivity index (χ2v) is 9.36. The molecule has 8 rings (SSSR count). The minimum absolute atomic E-state index is 0.875. The maximum absolute atomic E-state index is 6.29. The Kier molecular flexibility index (Phi) is 4.23. The molecule has 0 aliphatic heterocycles. The molecule has 0 bridgehead atoms. The van der Waals surface area contributed by atoms with E-state index >= 15 is 0 Å². The van der Waals surface area contributed by atoms with Crippen LogP contribution in [0.5, 0.6) is 0 Å². The first-order valence-electron chi connectivity index (χ1n) is 12.4. The third kappa shape index (κ3) is 3.01. The van der Waals surface area contributed by atoms with Crippen molar-refractivity contribution in [2.45, 2.75) is 0 Å². The quantitative estimate of drug-likeness (QED) is 0.255. The molecule has 0 aliphatic rings. The van der Waals surface area contributed by atoms with Crippen LogP contribution in [0.1, 0.15) is 0 Å². The molecule has 0 saturated carbocycles. The first-order valence-corrected chi connectivity index (χ1v) is 12.4. The van der Waals surface area contributed by atoms with Gasteiger partial charge in [0.15, 0.2) is 0 Å². The number of rotatable bonds is 3. The highest BCUT2D eigenvalue weighted by Crippen LogP contribution is 2.45. The van der Waals surface area contributed by atoms with E-state index in [9.17, 15) is 0 Å². The first-order chi connectivity index (χ1) is 18.3. The van der Waals surface area contributed by atoms with Crippen LogP contribution in [0.15, 0.2) is 136 Å². The van der Waals surface area contributed by atoms with E-state index < -0.39 is 0 Å². The number of nitrogens with zero attached hydrogens (tertiary/aromatic N) is 1. The summed E-state index contributed by atoms with van der Waals surface area (Å²) in [5, 5.41) is 6.77. The molecule has 0 N–H and O–H groups in total. The summed E-state index contributed by atoms with van der Waals surface area (Å²) in [6.45, 7) is 0. The van der Waals surface area contributed by atoms with Gasteiger partial charge in [0.25, 0.3) is 0 Å². The fraction of sp³-hybridized carbons (Fsp3) is 0. The third-order valence-electron chi connectivity index (χ3n) is 7.23. The molecule has 174 valence electrons. The molecule has 3 nitrogen and oxygen atoms in total. The molecule has 2 aromatic heterocycles. The molecule has 8 aromatic rings. The highest BCUT2D eigenvalue weighted by Gasteiger charge is 2.21. The van der Waals surface area contributed by atoms with E-state index in [1.807, 2.05) is 30.3 Å². The Bertz CT molecular complexity index is 2100.